The lowest BCUT2D eigenvalue weighted by Crippen LogP contribution is -2.12. The van der Waals surface area contributed by atoms with Crippen molar-refractivity contribution in [1.29, 1.82) is 0 Å². The molecular weight excluding hydrogens is 282 g/mol. The molecule has 5 heteroatoms. The number of hydrogen-bond donors (Lipinski definition) is 1. The number of ether oxygens (including phenoxy) is 1. The van der Waals surface area contributed by atoms with E-state index in [1.165, 1.54) is 13.1 Å². The second kappa shape index (κ2) is 6.85. The van der Waals surface area contributed by atoms with Gasteiger partial charge in [-0.2, -0.15) is 0 Å². The lowest BCUT2D eigenvalue weighted by atomic mass is 9.99. The summed E-state index contributed by atoms with van der Waals surface area (Å²) >= 11 is 0. The molecule has 0 saturated heterocycles. The summed E-state index contributed by atoms with van der Waals surface area (Å²) in [7, 11) is 0. The smallest absolute Gasteiger partial charge is 0.339 e. The Bertz CT molecular complexity index is 701. The zero-order chi connectivity index (χ0) is 16.1. The van der Waals surface area contributed by atoms with Gasteiger partial charge in [-0.3, -0.25) is 9.59 Å². The average molecular weight is 299 g/mol. The highest BCUT2D eigenvalue weighted by Crippen LogP contribution is 2.19. The van der Waals surface area contributed by atoms with E-state index < -0.39 is 5.97 Å². The van der Waals surface area contributed by atoms with Gasteiger partial charge in [-0.15, -0.1) is 0 Å². The molecule has 1 N–H and O–H groups in total. The molecule has 0 aliphatic carbocycles. The fourth-order valence-electron chi connectivity index (χ4n) is 2.23. The van der Waals surface area contributed by atoms with Gasteiger partial charge in [-0.25, -0.2) is 4.79 Å². The Morgan fingerprint density at radius 1 is 1.14 bits per heavy atom. The highest BCUT2D eigenvalue weighted by Gasteiger charge is 2.23. The molecule has 1 heterocycles. The average Bonchev–Trinajstić information content (AvgIpc) is 2.92. The third kappa shape index (κ3) is 3.31. The number of H-pyrrole nitrogens is 1. The van der Waals surface area contributed by atoms with Crippen LogP contribution in [0.1, 0.15) is 50.6 Å². The fraction of sp³-hybridized carbons (Fsp3) is 0.235. The number of benzene rings is 1. The Hall–Kier alpha value is -2.69. The molecule has 0 aliphatic rings. The summed E-state index contributed by atoms with van der Waals surface area (Å²) < 4.78 is 4.97. The van der Waals surface area contributed by atoms with Gasteiger partial charge in [0, 0.05) is 30.7 Å². The van der Waals surface area contributed by atoms with Crippen LogP contribution in [0.5, 0.6) is 0 Å². The van der Waals surface area contributed by atoms with Gasteiger partial charge in [0.25, 0.3) is 0 Å². The predicted molar refractivity (Wildman–Crippen MR) is 81.2 cm³/mol. The van der Waals surface area contributed by atoms with Crippen LogP contribution in [0.3, 0.4) is 0 Å². The standard InChI is InChI=1S/C17H17NO4/c1-3-22-17(21)14-10-18-16(11(2)19)13(14)9-15(20)12-7-5-4-6-8-12/h4-8,10,18H,3,9H2,1-2H3. The monoisotopic (exact) mass is 299 g/mol. The van der Waals surface area contributed by atoms with Crippen molar-refractivity contribution in [2.75, 3.05) is 6.61 Å². The summed E-state index contributed by atoms with van der Waals surface area (Å²) in [5, 5.41) is 0. The first-order valence-corrected chi connectivity index (χ1v) is 7.01. The fourth-order valence-corrected chi connectivity index (χ4v) is 2.23. The Morgan fingerprint density at radius 3 is 2.41 bits per heavy atom. The number of nitrogens with one attached hydrogen (secondary N) is 1. The van der Waals surface area contributed by atoms with Crippen molar-refractivity contribution in [3.05, 3.63) is 58.9 Å². The first-order valence-electron chi connectivity index (χ1n) is 7.01. The van der Waals surface area contributed by atoms with Gasteiger partial charge >= 0.3 is 5.97 Å². The third-order valence-corrected chi connectivity index (χ3v) is 3.27. The van der Waals surface area contributed by atoms with Gasteiger partial charge in [-0.1, -0.05) is 30.3 Å². The summed E-state index contributed by atoms with van der Waals surface area (Å²) in [4.78, 5) is 38.7. The number of rotatable bonds is 6. The highest BCUT2D eigenvalue weighted by molar-refractivity contribution is 6.04. The minimum atomic E-state index is -0.540. The number of carbonyl (C=O) groups is 3. The molecule has 1 aromatic carbocycles. The number of ketones is 2. The van der Waals surface area contributed by atoms with E-state index in [-0.39, 0.29) is 35.9 Å². The number of esters is 1. The minimum absolute atomic E-state index is 0.0312. The van der Waals surface area contributed by atoms with Crippen molar-refractivity contribution in [2.24, 2.45) is 0 Å². The summed E-state index contributed by atoms with van der Waals surface area (Å²) in [6, 6.07) is 8.75. The van der Waals surface area contributed by atoms with E-state index in [0.29, 0.717) is 11.1 Å². The number of aromatic nitrogens is 1. The van der Waals surface area contributed by atoms with Gasteiger partial charge in [0.2, 0.25) is 0 Å². The van der Waals surface area contributed by atoms with E-state index in [2.05, 4.69) is 4.98 Å². The molecule has 1 aromatic heterocycles. The largest absolute Gasteiger partial charge is 0.462 e. The van der Waals surface area contributed by atoms with Crippen molar-refractivity contribution in [1.82, 2.24) is 4.98 Å². The van der Waals surface area contributed by atoms with E-state index in [0.717, 1.165) is 0 Å². The van der Waals surface area contributed by atoms with E-state index in [4.69, 9.17) is 4.74 Å². The first kappa shape index (κ1) is 15.7. The second-order valence-electron chi connectivity index (χ2n) is 4.80. The van der Waals surface area contributed by atoms with Gasteiger partial charge < -0.3 is 9.72 Å². The summed E-state index contributed by atoms with van der Waals surface area (Å²) in [6.07, 6.45) is 1.39. The molecular formula is C17H17NO4. The van der Waals surface area contributed by atoms with Crippen LogP contribution < -0.4 is 0 Å². The van der Waals surface area contributed by atoms with Crippen molar-refractivity contribution in [3.8, 4) is 0 Å². The maximum absolute atomic E-state index is 12.3. The maximum atomic E-state index is 12.3. The van der Waals surface area contributed by atoms with Crippen LogP contribution in [-0.4, -0.2) is 29.1 Å². The van der Waals surface area contributed by atoms with E-state index in [1.807, 2.05) is 6.07 Å². The summed E-state index contributed by atoms with van der Waals surface area (Å²) in [5.74, 6) is -0.929. The quantitative estimate of drug-likeness (QED) is 0.657. The third-order valence-electron chi connectivity index (χ3n) is 3.27. The van der Waals surface area contributed by atoms with Crippen LogP contribution in [0.4, 0.5) is 0 Å². The molecule has 114 valence electrons. The second-order valence-corrected chi connectivity index (χ2v) is 4.80. The van der Waals surface area contributed by atoms with Gasteiger partial charge in [0.05, 0.1) is 17.9 Å². The van der Waals surface area contributed by atoms with Crippen LogP contribution >= 0.6 is 0 Å². The molecule has 0 spiro atoms. The molecule has 0 aliphatic heterocycles. The van der Waals surface area contributed by atoms with Crippen LogP contribution in [-0.2, 0) is 11.2 Å². The number of hydrogen-bond acceptors (Lipinski definition) is 4. The first-order chi connectivity index (χ1) is 10.5. The molecule has 0 amide bonds. The topological polar surface area (TPSA) is 76.2 Å². The van der Waals surface area contributed by atoms with Gasteiger partial charge in [-0.05, 0) is 6.92 Å². The van der Waals surface area contributed by atoms with Crippen LogP contribution in [0.25, 0.3) is 0 Å². The van der Waals surface area contributed by atoms with Crippen LogP contribution in [0, 0.1) is 0 Å². The molecule has 5 nitrogen and oxygen atoms in total. The zero-order valence-corrected chi connectivity index (χ0v) is 12.5. The van der Waals surface area contributed by atoms with Crippen molar-refractivity contribution >= 4 is 17.5 Å². The lowest BCUT2D eigenvalue weighted by molar-refractivity contribution is 0.0525. The Balaban J connectivity index is 2.35. The number of aromatic amines is 1. The van der Waals surface area contributed by atoms with Crippen LogP contribution in [0.2, 0.25) is 0 Å². The lowest BCUT2D eigenvalue weighted by Gasteiger charge is -2.06. The maximum Gasteiger partial charge on any atom is 0.339 e. The molecule has 2 aromatic rings. The molecule has 0 saturated carbocycles. The van der Waals surface area contributed by atoms with Gasteiger partial charge in [0.15, 0.2) is 11.6 Å². The van der Waals surface area contributed by atoms with Crippen LogP contribution in [0.15, 0.2) is 36.5 Å². The predicted octanol–water partition coefficient (Wildman–Crippen LogP) is 2.82. The molecule has 0 unspecified atom stereocenters. The molecule has 2 rings (SSSR count). The SMILES string of the molecule is CCOC(=O)c1c[nH]c(C(C)=O)c1CC(=O)c1ccccc1. The Kier molecular flexibility index (Phi) is 4.88. The molecule has 0 atom stereocenters. The Morgan fingerprint density at radius 2 is 1.82 bits per heavy atom. The molecule has 0 bridgehead atoms. The molecule has 0 fully saturated rings. The number of carbonyl (C=O) groups excluding carboxylic acids is 3. The molecule has 0 radical (unpaired) electrons. The summed E-state index contributed by atoms with van der Waals surface area (Å²) in [5.41, 5.74) is 1.43. The van der Waals surface area contributed by atoms with Crippen molar-refractivity contribution in [3.63, 3.8) is 0 Å². The highest BCUT2D eigenvalue weighted by atomic mass is 16.5. The van der Waals surface area contributed by atoms with Crippen molar-refractivity contribution < 1.29 is 19.1 Å². The zero-order valence-electron chi connectivity index (χ0n) is 12.5. The van der Waals surface area contributed by atoms with E-state index in [9.17, 15) is 14.4 Å². The van der Waals surface area contributed by atoms with E-state index in [1.54, 1.807) is 31.2 Å². The van der Waals surface area contributed by atoms with E-state index >= 15 is 0 Å². The molecule has 22 heavy (non-hydrogen) atoms. The minimum Gasteiger partial charge on any atom is -0.462 e. The number of Topliss-reactive ketones (excluding diaryl/α,β-unsaturated/α-hetero) is 2. The van der Waals surface area contributed by atoms with Crippen molar-refractivity contribution in [2.45, 2.75) is 20.3 Å². The normalized spacial score (nSPS) is 10.3. The Labute approximate surface area is 128 Å². The van der Waals surface area contributed by atoms with Gasteiger partial charge in [0.1, 0.15) is 0 Å². The summed E-state index contributed by atoms with van der Waals surface area (Å²) in [6.45, 7) is 3.31.